The fraction of sp³-hybridized carbons (Fsp3) is 0.500. The number of hydrogen-bond acceptors (Lipinski definition) is 3. The highest BCUT2D eigenvalue weighted by molar-refractivity contribution is 5.78. The minimum absolute atomic E-state index is 0.227. The van der Waals surface area contributed by atoms with Crippen LogP contribution < -0.4 is 10.6 Å². The molecule has 2 N–H and O–H groups in total. The van der Waals surface area contributed by atoms with Crippen LogP contribution in [0.2, 0.25) is 0 Å². The summed E-state index contributed by atoms with van der Waals surface area (Å²) >= 11 is 0. The molecule has 0 fully saturated rings. The molecule has 0 aromatic carbocycles. The normalized spacial score (nSPS) is 15.7. The lowest BCUT2D eigenvalue weighted by atomic mass is 10.1. The molecule has 0 spiro atoms. The molecule has 0 atom stereocenters. The van der Waals surface area contributed by atoms with Gasteiger partial charge in [-0.1, -0.05) is 6.58 Å². The van der Waals surface area contributed by atoms with Gasteiger partial charge in [-0.25, -0.2) is 4.79 Å². The van der Waals surface area contributed by atoms with Crippen LogP contribution in [0.25, 0.3) is 0 Å². The van der Waals surface area contributed by atoms with E-state index in [1.165, 1.54) is 0 Å². The molecule has 1 aliphatic rings. The lowest BCUT2D eigenvalue weighted by Crippen LogP contribution is -2.43. The standard InChI is InChI=1S/C10H16N2O3/c1-4-15-7(2)8-5-11-10(13)12-9(8)6-14-3/h2,4-6H2,1,3H3,(H2,11,12,13). The Morgan fingerprint density at radius 2 is 2.33 bits per heavy atom. The molecule has 0 aliphatic carbocycles. The van der Waals surface area contributed by atoms with Crippen LogP contribution in [0.3, 0.4) is 0 Å². The Hall–Kier alpha value is -1.49. The molecule has 1 aliphatic heterocycles. The number of carbonyl (C=O) groups is 1. The van der Waals surface area contributed by atoms with Crippen LogP contribution >= 0.6 is 0 Å². The summed E-state index contributed by atoms with van der Waals surface area (Å²) in [5.74, 6) is 0.567. The van der Waals surface area contributed by atoms with Crippen molar-refractivity contribution < 1.29 is 14.3 Å². The van der Waals surface area contributed by atoms with Gasteiger partial charge in [0.1, 0.15) is 5.76 Å². The second-order valence-corrected chi connectivity index (χ2v) is 3.05. The van der Waals surface area contributed by atoms with E-state index in [-0.39, 0.29) is 6.03 Å². The van der Waals surface area contributed by atoms with E-state index in [4.69, 9.17) is 9.47 Å². The largest absolute Gasteiger partial charge is 0.494 e. The summed E-state index contributed by atoms with van der Waals surface area (Å²) in [5, 5.41) is 5.33. The number of urea groups is 1. The van der Waals surface area contributed by atoms with Gasteiger partial charge in [0.15, 0.2) is 0 Å². The van der Waals surface area contributed by atoms with E-state index < -0.39 is 0 Å². The molecule has 5 nitrogen and oxygen atoms in total. The van der Waals surface area contributed by atoms with Gasteiger partial charge in [0, 0.05) is 19.2 Å². The second-order valence-electron chi connectivity index (χ2n) is 3.05. The minimum atomic E-state index is -0.227. The van der Waals surface area contributed by atoms with Crippen LogP contribution in [-0.4, -0.2) is 32.9 Å². The average Bonchev–Trinajstić information content (AvgIpc) is 2.18. The molecule has 84 valence electrons. The van der Waals surface area contributed by atoms with Gasteiger partial charge in [-0.2, -0.15) is 0 Å². The van der Waals surface area contributed by atoms with Gasteiger partial charge in [0.25, 0.3) is 0 Å². The van der Waals surface area contributed by atoms with Crippen molar-refractivity contribution in [1.82, 2.24) is 10.6 Å². The summed E-state index contributed by atoms with van der Waals surface area (Å²) in [6, 6.07) is -0.227. The fourth-order valence-corrected chi connectivity index (χ4v) is 1.33. The van der Waals surface area contributed by atoms with Crippen LogP contribution in [0.5, 0.6) is 0 Å². The van der Waals surface area contributed by atoms with E-state index in [1.807, 2.05) is 6.92 Å². The molecule has 0 aromatic rings. The molecule has 0 aromatic heterocycles. The predicted octanol–water partition coefficient (Wildman–Crippen LogP) is 0.750. The fourth-order valence-electron chi connectivity index (χ4n) is 1.33. The highest BCUT2D eigenvalue weighted by atomic mass is 16.5. The molecule has 15 heavy (non-hydrogen) atoms. The van der Waals surface area contributed by atoms with Crippen LogP contribution in [0, 0.1) is 0 Å². The van der Waals surface area contributed by atoms with Crippen LogP contribution in [0.4, 0.5) is 4.79 Å². The SMILES string of the molecule is C=C(OCC)C1=C(COC)NC(=O)NC1. The van der Waals surface area contributed by atoms with Crippen molar-refractivity contribution in [2.75, 3.05) is 26.9 Å². The first-order chi connectivity index (χ1) is 7.19. The van der Waals surface area contributed by atoms with E-state index in [9.17, 15) is 4.79 Å². The number of carbonyl (C=O) groups excluding carboxylic acids is 1. The number of ether oxygens (including phenoxy) is 2. The Morgan fingerprint density at radius 3 is 2.93 bits per heavy atom. The lowest BCUT2D eigenvalue weighted by Gasteiger charge is -2.23. The van der Waals surface area contributed by atoms with Crippen molar-refractivity contribution in [3.63, 3.8) is 0 Å². The second kappa shape index (κ2) is 5.41. The maximum absolute atomic E-state index is 11.1. The summed E-state index contributed by atoms with van der Waals surface area (Å²) in [7, 11) is 1.57. The van der Waals surface area contributed by atoms with Crippen molar-refractivity contribution in [2.45, 2.75) is 6.92 Å². The molecule has 0 saturated heterocycles. The lowest BCUT2D eigenvalue weighted by molar-refractivity contribution is 0.205. The summed E-state index contributed by atoms with van der Waals surface area (Å²) in [6.07, 6.45) is 0. The van der Waals surface area contributed by atoms with Crippen molar-refractivity contribution in [3.05, 3.63) is 23.6 Å². The Morgan fingerprint density at radius 1 is 1.60 bits per heavy atom. The molecular formula is C10H16N2O3. The molecular weight excluding hydrogens is 196 g/mol. The predicted molar refractivity (Wildman–Crippen MR) is 56.2 cm³/mol. The summed E-state index contributed by atoms with van der Waals surface area (Å²) in [4.78, 5) is 11.1. The van der Waals surface area contributed by atoms with Gasteiger partial charge >= 0.3 is 6.03 Å². The monoisotopic (exact) mass is 212 g/mol. The van der Waals surface area contributed by atoms with Gasteiger partial charge in [0.05, 0.1) is 18.9 Å². The third-order valence-electron chi connectivity index (χ3n) is 2.00. The van der Waals surface area contributed by atoms with Gasteiger partial charge in [-0.15, -0.1) is 0 Å². The maximum Gasteiger partial charge on any atom is 0.319 e. The molecule has 0 unspecified atom stereocenters. The molecule has 0 bridgehead atoms. The quantitative estimate of drug-likeness (QED) is 0.661. The zero-order valence-electron chi connectivity index (χ0n) is 9.05. The number of hydrogen-bond donors (Lipinski definition) is 2. The number of methoxy groups -OCH3 is 1. The first-order valence-electron chi connectivity index (χ1n) is 4.77. The molecule has 1 heterocycles. The highest BCUT2D eigenvalue weighted by Gasteiger charge is 2.19. The number of rotatable bonds is 5. The number of amides is 2. The first kappa shape index (κ1) is 11.6. The maximum atomic E-state index is 11.1. The van der Waals surface area contributed by atoms with Crippen molar-refractivity contribution >= 4 is 6.03 Å². The van der Waals surface area contributed by atoms with Crippen molar-refractivity contribution in [3.8, 4) is 0 Å². The smallest absolute Gasteiger partial charge is 0.319 e. The molecule has 0 saturated carbocycles. The highest BCUT2D eigenvalue weighted by Crippen LogP contribution is 2.15. The van der Waals surface area contributed by atoms with E-state index in [0.717, 1.165) is 5.57 Å². The molecule has 0 radical (unpaired) electrons. The van der Waals surface area contributed by atoms with E-state index in [2.05, 4.69) is 17.2 Å². The van der Waals surface area contributed by atoms with Crippen molar-refractivity contribution in [1.29, 1.82) is 0 Å². The summed E-state index contributed by atoms with van der Waals surface area (Å²) in [6.45, 7) is 7.00. The topological polar surface area (TPSA) is 59.6 Å². The number of nitrogens with one attached hydrogen (secondary N) is 2. The third-order valence-corrected chi connectivity index (χ3v) is 2.00. The zero-order valence-corrected chi connectivity index (χ0v) is 9.05. The Labute approximate surface area is 89.1 Å². The molecule has 1 rings (SSSR count). The van der Waals surface area contributed by atoms with Gasteiger partial charge in [0.2, 0.25) is 0 Å². The average molecular weight is 212 g/mol. The van der Waals surface area contributed by atoms with Crippen LogP contribution in [0.1, 0.15) is 6.92 Å². The van der Waals surface area contributed by atoms with Gasteiger partial charge < -0.3 is 20.1 Å². The Bertz CT molecular complexity index is 297. The Balaban J connectivity index is 2.82. The van der Waals surface area contributed by atoms with E-state index in [0.29, 0.717) is 31.2 Å². The van der Waals surface area contributed by atoms with Crippen LogP contribution in [-0.2, 0) is 9.47 Å². The van der Waals surface area contributed by atoms with E-state index in [1.54, 1.807) is 7.11 Å². The Kier molecular flexibility index (Phi) is 4.17. The van der Waals surface area contributed by atoms with E-state index >= 15 is 0 Å². The van der Waals surface area contributed by atoms with Crippen LogP contribution in [0.15, 0.2) is 23.6 Å². The first-order valence-corrected chi connectivity index (χ1v) is 4.77. The molecule has 2 amide bonds. The zero-order chi connectivity index (χ0) is 11.3. The van der Waals surface area contributed by atoms with Gasteiger partial charge in [-0.3, -0.25) is 0 Å². The van der Waals surface area contributed by atoms with Crippen molar-refractivity contribution in [2.24, 2.45) is 0 Å². The van der Waals surface area contributed by atoms with Gasteiger partial charge in [-0.05, 0) is 6.92 Å². The molecule has 5 heteroatoms. The summed E-state index contributed by atoms with van der Waals surface area (Å²) < 4.78 is 10.3. The third kappa shape index (κ3) is 2.99. The summed E-state index contributed by atoms with van der Waals surface area (Å²) in [5.41, 5.74) is 1.55. The minimum Gasteiger partial charge on any atom is -0.494 e.